The molecule has 0 amide bonds. The van der Waals surface area contributed by atoms with Crippen molar-refractivity contribution < 1.29 is 60.5 Å². The van der Waals surface area contributed by atoms with Gasteiger partial charge in [-0.05, 0) is 6.92 Å². The molecule has 0 saturated heterocycles. The molecule has 0 radical (unpaired) electrons. The van der Waals surface area contributed by atoms with Crippen molar-refractivity contribution in [2.75, 3.05) is 6.61 Å². The number of hydrogen-bond donors (Lipinski definition) is 2. The van der Waals surface area contributed by atoms with Gasteiger partial charge in [-0.25, -0.2) is 4.79 Å². The van der Waals surface area contributed by atoms with Crippen molar-refractivity contribution in [3.8, 4) is 0 Å². The molecular formula is C11H18O8Ti. The molecule has 8 nitrogen and oxygen atoms in total. The normalized spacial score (nSPS) is 10.5. The molecule has 20 heavy (non-hydrogen) atoms. The van der Waals surface area contributed by atoms with Crippen LogP contribution in [-0.2, 0) is 50.3 Å². The third-order valence-electron chi connectivity index (χ3n) is 1.94. The van der Waals surface area contributed by atoms with E-state index in [9.17, 15) is 14.4 Å². The van der Waals surface area contributed by atoms with Gasteiger partial charge < -0.3 is 24.4 Å². The van der Waals surface area contributed by atoms with Gasteiger partial charge in [-0.3, -0.25) is 9.59 Å². The first-order chi connectivity index (χ1) is 8.73. The van der Waals surface area contributed by atoms with Crippen molar-refractivity contribution in [3.05, 3.63) is 0 Å². The minimum Gasteiger partial charge on any atom is -0.460 e. The Morgan fingerprint density at radius 2 is 1.55 bits per heavy atom. The van der Waals surface area contributed by atoms with Crippen LogP contribution in [-0.4, -0.2) is 46.8 Å². The summed E-state index contributed by atoms with van der Waals surface area (Å²) in [4.78, 5) is 33.9. The zero-order valence-electron chi connectivity index (χ0n) is 11.5. The third-order valence-corrected chi connectivity index (χ3v) is 1.94. The van der Waals surface area contributed by atoms with Crippen molar-refractivity contribution in [2.45, 2.75) is 45.7 Å². The molecule has 0 aliphatic carbocycles. The summed E-state index contributed by atoms with van der Waals surface area (Å²) in [5, 5.41) is 17.6. The van der Waals surface area contributed by atoms with Crippen LogP contribution >= 0.6 is 0 Å². The molecule has 0 unspecified atom stereocenters. The standard InChI is InChI=1S/C11H18O8.Ti/c1-4-17-10(16)11(18-7(2)12,19-8(3)13)6-5-9(14)15;/h9,14-15H,4-6H2,1-3H3;. The number of aliphatic hydroxyl groups excluding tert-OH is 1. The van der Waals surface area contributed by atoms with Crippen LogP contribution in [0.4, 0.5) is 0 Å². The molecule has 0 spiro atoms. The summed E-state index contributed by atoms with van der Waals surface area (Å²) in [7, 11) is 0. The van der Waals surface area contributed by atoms with Crippen LogP contribution < -0.4 is 0 Å². The number of carbonyl (C=O) groups is 3. The van der Waals surface area contributed by atoms with Gasteiger partial charge in [-0.1, -0.05) is 0 Å². The fraction of sp³-hybridized carbons (Fsp3) is 0.727. The van der Waals surface area contributed by atoms with E-state index < -0.39 is 36.4 Å². The number of carbonyl (C=O) groups excluding carboxylic acids is 3. The molecule has 114 valence electrons. The van der Waals surface area contributed by atoms with Gasteiger partial charge in [-0.2, -0.15) is 0 Å². The van der Waals surface area contributed by atoms with Crippen molar-refractivity contribution >= 4 is 17.9 Å². The number of aliphatic hydroxyl groups is 2. The monoisotopic (exact) mass is 326 g/mol. The Bertz CT molecular complexity index is 325. The summed E-state index contributed by atoms with van der Waals surface area (Å²) in [5.74, 6) is -5.12. The van der Waals surface area contributed by atoms with E-state index >= 15 is 0 Å². The second-order valence-corrected chi connectivity index (χ2v) is 3.68. The van der Waals surface area contributed by atoms with Crippen LogP contribution in [0.2, 0.25) is 0 Å². The third kappa shape index (κ3) is 7.59. The predicted molar refractivity (Wildman–Crippen MR) is 60.4 cm³/mol. The molecule has 0 saturated carbocycles. The smallest absolute Gasteiger partial charge is 0.393 e. The summed E-state index contributed by atoms with van der Waals surface area (Å²) in [5.41, 5.74) is 0. The first-order valence-corrected chi connectivity index (χ1v) is 5.66. The van der Waals surface area contributed by atoms with Crippen LogP contribution in [0.15, 0.2) is 0 Å². The molecule has 0 fully saturated rings. The van der Waals surface area contributed by atoms with Crippen LogP contribution in [0.25, 0.3) is 0 Å². The maximum atomic E-state index is 11.8. The van der Waals surface area contributed by atoms with E-state index in [0.29, 0.717) is 0 Å². The summed E-state index contributed by atoms with van der Waals surface area (Å²) >= 11 is 0. The fourth-order valence-electron chi connectivity index (χ4n) is 1.33. The van der Waals surface area contributed by atoms with Gasteiger partial charge in [0.2, 0.25) is 0 Å². The second-order valence-electron chi connectivity index (χ2n) is 3.68. The molecule has 0 aliphatic rings. The van der Waals surface area contributed by atoms with Crippen LogP contribution in [0.3, 0.4) is 0 Å². The molecule has 0 rings (SSSR count). The number of ether oxygens (including phenoxy) is 3. The first-order valence-electron chi connectivity index (χ1n) is 5.66. The van der Waals surface area contributed by atoms with Crippen LogP contribution in [0.1, 0.15) is 33.6 Å². The summed E-state index contributed by atoms with van der Waals surface area (Å²) in [6.07, 6.45) is -2.53. The number of esters is 3. The average molecular weight is 326 g/mol. The van der Waals surface area contributed by atoms with E-state index in [2.05, 4.69) is 4.74 Å². The van der Waals surface area contributed by atoms with Crippen LogP contribution in [0.5, 0.6) is 0 Å². The first kappa shape index (κ1) is 21.3. The average Bonchev–Trinajstić information content (AvgIpc) is 2.24. The minimum atomic E-state index is -2.29. The topological polar surface area (TPSA) is 119 Å². The Morgan fingerprint density at radius 1 is 1.10 bits per heavy atom. The Kier molecular flexibility index (Phi) is 10.5. The van der Waals surface area contributed by atoms with Gasteiger partial charge in [0.25, 0.3) is 0 Å². The molecule has 0 bridgehead atoms. The second kappa shape index (κ2) is 9.87. The molecule has 9 heteroatoms. The molecule has 2 N–H and O–H groups in total. The Morgan fingerprint density at radius 3 is 1.85 bits per heavy atom. The zero-order valence-corrected chi connectivity index (χ0v) is 13.1. The van der Waals surface area contributed by atoms with Gasteiger partial charge in [0.05, 0.1) is 6.61 Å². The van der Waals surface area contributed by atoms with Gasteiger partial charge in [0, 0.05) is 48.4 Å². The molecule has 0 heterocycles. The Balaban J connectivity index is 0. The van der Waals surface area contributed by atoms with E-state index in [1.807, 2.05) is 0 Å². The summed E-state index contributed by atoms with van der Waals surface area (Å²) in [6, 6.07) is 0. The van der Waals surface area contributed by atoms with Gasteiger partial charge >= 0.3 is 23.7 Å². The number of hydrogen-bond acceptors (Lipinski definition) is 8. The molecule has 0 aromatic carbocycles. The zero-order chi connectivity index (χ0) is 15.1. The molecular weight excluding hydrogens is 308 g/mol. The minimum absolute atomic E-state index is 0. The van der Waals surface area contributed by atoms with E-state index in [4.69, 9.17) is 19.7 Å². The molecule has 0 aromatic heterocycles. The van der Waals surface area contributed by atoms with E-state index in [1.165, 1.54) is 6.92 Å². The van der Waals surface area contributed by atoms with Gasteiger partial charge in [0.15, 0.2) is 6.29 Å². The largest absolute Gasteiger partial charge is 0.460 e. The molecule has 0 aromatic rings. The SMILES string of the molecule is CCOC(=O)C(CCC(O)O)(OC(C)=O)OC(C)=O.[Ti]. The Hall–Kier alpha value is -0.956. The molecule has 0 atom stereocenters. The maximum Gasteiger partial charge on any atom is 0.393 e. The van der Waals surface area contributed by atoms with Gasteiger partial charge in [-0.15, -0.1) is 0 Å². The van der Waals surface area contributed by atoms with Crippen molar-refractivity contribution in [2.24, 2.45) is 0 Å². The van der Waals surface area contributed by atoms with E-state index in [0.717, 1.165) is 13.8 Å². The predicted octanol–water partition coefficient (Wildman–Crippen LogP) is -0.540. The van der Waals surface area contributed by atoms with E-state index in [1.54, 1.807) is 0 Å². The number of rotatable bonds is 7. The van der Waals surface area contributed by atoms with Crippen LogP contribution in [0, 0.1) is 0 Å². The van der Waals surface area contributed by atoms with Gasteiger partial charge in [0.1, 0.15) is 0 Å². The summed E-state index contributed by atoms with van der Waals surface area (Å²) < 4.78 is 14.2. The van der Waals surface area contributed by atoms with E-state index in [-0.39, 0.29) is 34.7 Å². The van der Waals surface area contributed by atoms with Crippen molar-refractivity contribution in [3.63, 3.8) is 0 Å². The molecule has 0 aliphatic heterocycles. The quantitative estimate of drug-likeness (QED) is 0.364. The fourth-order valence-corrected chi connectivity index (χ4v) is 1.33. The van der Waals surface area contributed by atoms with Crippen molar-refractivity contribution in [1.29, 1.82) is 0 Å². The maximum absolute atomic E-state index is 11.8. The summed E-state index contributed by atoms with van der Waals surface area (Å²) in [6.45, 7) is 3.54. The Labute approximate surface area is 131 Å². The van der Waals surface area contributed by atoms with Crippen molar-refractivity contribution in [1.82, 2.24) is 0 Å².